The lowest BCUT2D eigenvalue weighted by Gasteiger charge is -2.35. The molecule has 1 aromatic heterocycles. The van der Waals surface area contributed by atoms with E-state index in [9.17, 15) is 4.79 Å². The Bertz CT molecular complexity index is 438. The Morgan fingerprint density at radius 3 is 3.00 bits per heavy atom. The van der Waals surface area contributed by atoms with Crippen molar-refractivity contribution in [3.05, 3.63) is 0 Å². The predicted molar refractivity (Wildman–Crippen MR) is 77.3 cm³/mol. The first-order valence-corrected chi connectivity index (χ1v) is 7.86. The lowest BCUT2D eigenvalue weighted by atomic mass is 10.0. The molecule has 0 aromatic carbocycles. The molecule has 20 heavy (non-hydrogen) atoms. The highest BCUT2D eigenvalue weighted by molar-refractivity contribution is 6.99. The van der Waals surface area contributed by atoms with E-state index >= 15 is 0 Å². The third-order valence-electron chi connectivity index (χ3n) is 3.44. The average Bonchev–Trinajstić information content (AvgIpc) is 2.93. The number of hydrogen-bond donors (Lipinski definition) is 0. The molecular formula is C13H21N3O3S. The van der Waals surface area contributed by atoms with Crippen molar-refractivity contribution in [3.8, 4) is 5.88 Å². The Morgan fingerprint density at radius 1 is 1.40 bits per heavy atom. The number of hydrogen-bond acceptors (Lipinski definition) is 7. The second kappa shape index (κ2) is 7.42. The van der Waals surface area contributed by atoms with E-state index in [-0.39, 0.29) is 12.6 Å². The van der Waals surface area contributed by atoms with Gasteiger partial charge in [-0.2, -0.15) is 4.37 Å². The van der Waals surface area contributed by atoms with Crippen LogP contribution in [0.1, 0.15) is 39.5 Å². The molecule has 0 saturated carbocycles. The predicted octanol–water partition coefficient (Wildman–Crippen LogP) is 2.25. The molecule has 0 amide bonds. The minimum absolute atomic E-state index is 0.114. The Balaban J connectivity index is 2.01. The molecule has 1 atom stereocenters. The van der Waals surface area contributed by atoms with E-state index in [0.717, 1.165) is 36.9 Å². The molecule has 6 nitrogen and oxygen atoms in total. The highest BCUT2D eigenvalue weighted by atomic mass is 32.1. The van der Waals surface area contributed by atoms with Crippen LogP contribution in [0.3, 0.4) is 0 Å². The summed E-state index contributed by atoms with van der Waals surface area (Å²) in [4.78, 5) is 13.6. The lowest BCUT2D eigenvalue weighted by Crippen LogP contribution is -2.39. The fourth-order valence-electron chi connectivity index (χ4n) is 2.48. The van der Waals surface area contributed by atoms with E-state index in [1.54, 1.807) is 6.92 Å². The summed E-state index contributed by atoms with van der Waals surface area (Å²) in [6.07, 6.45) is 4.66. The van der Waals surface area contributed by atoms with Crippen LogP contribution >= 0.6 is 11.7 Å². The number of nitrogens with zero attached hydrogens (tertiary/aromatic N) is 3. The van der Waals surface area contributed by atoms with Crippen LogP contribution in [0, 0.1) is 0 Å². The van der Waals surface area contributed by atoms with Crippen LogP contribution in [-0.2, 0) is 9.53 Å². The van der Waals surface area contributed by atoms with Crippen molar-refractivity contribution < 1.29 is 14.3 Å². The maximum absolute atomic E-state index is 11.3. The molecule has 1 aliphatic rings. The molecule has 1 aromatic rings. The van der Waals surface area contributed by atoms with E-state index in [2.05, 4.69) is 20.6 Å². The zero-order valence-electron chi connectivity index (χ0n) is 12.0. The molecule has 1 saturated heterocycles. The zero-order valence-corrected chi connectivity index (χ0v) is 12.8. The van der Waals surface area contributed by atoms with Crippen LogP contribution in [0.2, 0.25) is 0 Å². The van der Waals surface area contributed by atoms with Crippen molar-refractivity contribution in [1.29, 1.82) is 0 Å². The fourth-order valence-corrected chi connectivity index (χ4v) is 2.99. The van der Waals surface area contributed by atoms with Crippen molar-refractivity contribution >= 4 is 23.5 Å². The van der Waals surface area contributed by atoms with Gasteiger partial charge in [0.15, 0.2) is 6.61 Å². The molecular weight excluding hydrogens is 278 g/mol. The first kappa shape index (κ1) is 15.0. The number of rotatable bonds is 6. The summed E-state index contributed by atoms with van der Waals surface area (Å²) in [5.41, 5.74) is 0. The second-order valence-corrected chi connectivity index (χ2v) is 5.27. The van der Waals surface area contributed by atoms with Gasteiger partial charge in [0.2, 0.25) is 5.82 Å². The van der Waals surface area contributed by atoms with Crippen LogP contribution in [-0.4, -0.2) is 40.5 Å². The number of aromatic nitrogens is 2. The first-order chi connectivity index (χ1) is 9.76. The van der Waals surface area contributed by atoms with Crippen molar-refractivity contribution in [2.75, 3.05) is 24.7 Å². The molecule has 0 bridgehead atoms. The topological polar surface area (TPSA) is 64.5 Å². The smallest absolute Gasteiger partial charge is 0.344 e. The number of anilines is 1. The quantitative estimate of drug-likeness (QED) is 0.751. The number of carbonyl (C=O) groups is 1. The van der Waals surface area contributed by atoms with Gasteiger partial charge in [-0.15, -0.1) is 4.37 Å². The molecule has 0 N–H and O–H groups in total. The monoisotopic (exact) mass is 299 g/mol. The summed E-state index contributed by atoms with van der Waals surface area (Å²) in [6, 6.07) is 0.484. The largest absolute Gasteiger partial charge is 0.463 e. The van der Waals surface area contributed by atoms with Gasteiger partial charge in [-0.1, -0.05) is 6.92 Å². The summed E-state index contributed by atoms with van der Waals surface area (Å²) in [7, 11) is 0. The zero-order chi connectivity index (χ0) is 14.4. The number of ether oxygens (including phenoxy) is 2. The van der Waals surface area contributed by atoms with Gasteiger partial charge in [0.25, 0.3) is 5.88 Å². The van der Waals surface area contributed by atoms with Crippen molar-refractivity contribution in [3.63, 3.8) is 0 Å². The van der Waals surface area contributed by atoms with Gasteiger partial charge in [-0.05, 0) is 32.6 Å². The van der Waals surface area contributed by atoms with Crippen LogP contribution in [0.15, 0.2) is 0 Å². The lowest BCUT2D eigenvalue weighted by molar-refractivity contribution is -0.145. The summed E-state index contributed by atoms with van der Waals surface area (Å²) in [5.74, 6) is 0.839. The van der Waals surface area contributed by atoms with Gasteiger partial charge in [-0.3, -0.25) is 0 Å². The molecule has 0 radical (unpaired) electrons. The Hall–Kier alpha value is -1.37. The van der Waals surface area contributed by atoms with Crippen LogP contribution < -0.4 is 9.64 Å². The van der Waals surface area contributed by atoms with Gasteiger partial charge in [0.1, 0.15) is 0 Å². The van der Waals surface area contributed by atoms with Gasteiger partial charge in [0, 0.05) is 12.6 Å². The molecule has 1 fully saturated rings. The van der Waals surface area contributed by atoms with E-state index in [1.807, 2.05) is 0 Å². The highest BCUT2D eigenvalue weighted by Gasteiger charge is 2.26. The molecule has 112 valence electrons. The first-order valence-electron chi connectivity index (χ1n) is 7.13. The van der Waals surface area contributed by atoms with E-state index in [1.165, 1.54) is 12.8 Å². The average molecular weight is 299 g/mol. The summed E-state index contributed by atoms with van der Waals surface area (Å²) in [6.45, 7) is 5.17. The van der Waals surface area contributed by atoms with Gasteiger partial charge < -0.3 is 14.4 Å². The van der Waals surface area contributed by atoms with Crippen LogP contribution in [0.4, 0.5) is 5.82 Å². The Labute approximate surface area is 123 Å². The Kier molecular flexibility index (Phi) is 5.58. The van der Waals surface area contributed by atoms with Crippen molar-refractivity contribution in [1.82, 2.24) is 8.75 Å². The molecule has 7 heteroatoms. The van der Waals surface area contributed by atoms with Crippen LogP contribution in [0.25, 0.3) is 0 Å². The highest BCUT2D eigenvalue weighted by Crippen LogP contribution is 2.32. The van der Waals surface area contributed by atoms with E-state index in [0.29, 0.717) is 18.5 Å². The molecule has 1 unspecified atom stereocenters. The minimum atomic E-state index is -0.378. The number of piperidine rings is 1. The number of carbonyl (C=O) groups excluding carboxylic acids is 1. The van der Waals surface area contributed by atoms with Crippen LogP contribution in [0.5, 0.6) is 5.88 Å². The molecule has 2 heterocycles. The van der Waals surface area contributed by atoms with Gasteiger partial charge in [0.05, 0.1) is 18.3 Å². The Morgan fingerprint density at radius 2 is 2.25 bits per heavy atom. The standard InChI is InChI=1S/C13H21N3O3S/c1-3-10-7-5-6-8-16(10)12-13(15-20-14-12)19-9-11(17)18-4-2/h10H,3-9H2,1-2H3. The molecule has 0 aliphatic carbocycles. The minimum Gasteiger partial charge on any atom is -0.463 e. The fraction of sp³-hybridized carbons (Fsp3) is 0.769. The third kappa shape index (κ3) is 3.59. The molecule has 2 rings (SSSR count). The summed E-state index contributed by atoms with van der Waals surface area (Å²) in [5, 5.41) is 0. The second-order valence-electron chi connectivity index (χ2n) is 4.74. The summed E-state index contributed by atoms with van der Waals surface area (Å²) < 4.78 is 18.8. The van der Waals surface area contributed by atoms with Crippen molar-refractivity contribution in [2.45, 2.75) is 45.6 Å². The maximum Gasteiger partial charge on any atom is 0.344 e. The van der Waals surface area contributed by atoms with Crippen molar-refractivity contribution in [2.24, 2.45) is 0 Å². The maximum atomic E-state index is 11.3. The molecule has 0 spiro atoms. The van der Waals surface area contributed by atoms with Gasteiger partial charge in [-0.25, -0.2) is 4.79 Å². The third-order valence-corrected chi connectivity index (χ3v) is 3.95. The summed E-state index contributed by atoms with van der Waals surface area (Å²) >= 11 is 1.12. The van der Waals surface area contributed by atoms with Gasteiger partial charge >= 0.3 is 5.97 Å². The number of esters is 1. The molecule has 1 aliphatic heterocycles. The normalized spacial score (nSPS) is 18.9. The van der Waals surface area contributed by atoms with E-state index < -0.39 is 0 Å². The van der Waals surface area contributed by atoms with E-state index in [4.69, 9.17) is 9.47 Å². The SMILES string of the molecule is CCOC(=O)COc1nsnc1N1CCCCC1CC.